The number of carbonyl (C=O) groups is 2. The van der Waals surface area contributed by atoms with E-state index in [0.717, 1.165) is 25.9 Å². The Morgan fingerprint density at radius 3 is 2.50 bits per heavy atom. The van der Waals surface area contributed by atoms with Gasteiger partial charge < -0.3 is 15.0 Å². The van der Waals surface area contributed by atoms with Crippen molar-refractivity contribution in [3.63, 3.8) is 0 Å². The molecule has 154 valence electrons. The zero-order valence-corrected chi connectivity index (χ0v) is 16.9. The molecule has 1 aliphatic rings. The molecule has 1 aromatic carbocycles. The summed E-state index contributed by atoms with van der Waals surface area (Å²) in [6.07, 6.45) is 1.95. The van der Waals surface area contributed by atoms with Crippen LogP contribution in [0.2, 0.25) is 0 Å². The van der Waals surface area contributed by atoms with Gasteiger partial charge in [0.25, 0.3) is 11.6 Å². The lowest BCUT2D eigenvalue weighted by Gasteiger charge is -2.31. The molecule has 1 aromatic rings. The number of nitro groups is 1. The van der Waals surface area contributed by atoms with Gasteiger partial charge in [0, 0.05) is 25.2 Å². The normalized spacial score (nSPS) is 16.0. The smallest absolute Gasteiger partial charge is 0.338 e. The molecule has 1 saturated heterocycles. The zero-order valence-electron chi connectivity index (χ0n) is 16.9. The minimum absolute atomic E-state index is 0.0427. The topological polar surface area (TPSA) is 102 Å². The molecule has 0 spiro atoms. The standard InChI is InChI=1S/C20H29N3O5/c1-13(2)15(4)21-19(24)12-28-20(25)16-5-6-17(18(11-16)23(26)27)22-9-7-14(3)8-10-22/h5-6,11,13-15H,7-10,12H2,1-4H3,(H,21,24)/t15-/m1/s1. The number of carbonyl (C=O) groups excluding carboxylic acids is 2. The van der Waals surface area contributed by atoms with Gasteiger partial charge in [-0.2, -0.15) is 0 Å². The Balaban J connectivity index is 2.05. The molecule has 0 saturated carbocycles. The maximum Gasteiger partial charge on any atom is 0.338 e. The van der Waals surface area contributed by atoms with Crippen molar-refractivity contribution in [1.82, 2.24) is 5.32 Å². The minimum Gasteiger partial charge on any atom is -0.452 e. The Morgan fingerprint density at radius 1 is 1.29 bits per heavy atom. The second kappa shape index (κ2) is 9.52. The molecule has 8 heteroatoms. The fourth-order valence-electron chi connectivity index (χ4n) is 2.99. The first-order chi connectivity index (χ1) is 13.2. The number of nitrogens with zero attached hydrogens (tertiary/aromatic N) is 2. The third-order valence-corrected chi connectivity index (χ3v) is 5.26. The zero-order chi connectivity index (χ0) is 20.8. The minimum atomic E-state index is -0.755. The Kier molecular flexibility index (Phi) is 7.37. The first-order valence-corrected chi connectivity index (χ1v) is 9.69. The quantitative estimate of drug-likeness (QED) is 0.435. The van der Waals surface area contributed by atoms with Crippen molar-refractivity contribution in [2.24, 2.45) is 11.8 Å². The fourth-order valence-corrected chi connectivity index (χ4v) is 2.99. The van der Waals surface area contributed by atoms with Crippen LogP contribution in [0.4, 0.5) is 11.4 Å². The summed E-state index contributed by atoms with van der Waals surface area (Å²) in [7, 11) is 0. The van der Waals surface area contributed by atoms with E-state index >= 15 is 0 Å². The molecule has 0 aromatic heterocycles. The summed E-state index contributed by atoms with van der Waals surface area (Å²) < 4.78 is 5.02. The highest BCUT2D eigenvalue weighted by Crippen LogP contribution is 2.32. The molecule has 2 rings (SSSR count). The van der Waals surface area contributed by atoms with E-state index in [9.17, 15) is 19.7 Å². The number of benzene rings is 1. The van der Waals surface area contributed by atoms with Crippen LogP contribution in [0.25, 0.3) is 0 Å². The Labute approximate surface area is 165 Å². The van der Waals surface area contributed by atoms with Crippen molar-refractivity contribution in [3.05, 3.63) is 33.9 Å². The molecule has 1 fully saturated rings. The predicted octanol–water partition coefficient (Wildman–Crippen LogP) is 3.15. The predicted molar refractivity (Wildman–Crippen MR) is 106 cm³/mol. The Morgan fingerprint density at radius 2 is 1.93 bits per heavy atom. The second-order valence-corrected chi connectivity index (χ2v) is 7.81. The molecule has 0 aliphatic carbocycles. The van der Waals surface area contributed by atoms with Gasteiger partial charge in [-0.15, -0.1) is 0 Å². The van der Waals surface area contributed by atoms with Gasteiger partial charge in [-0.3, -0.25) is 14.9 Å². The van der Waals surface area contributed by atoms with Gasteiger partial charge in [0.05, 0.1) is 10.5 Å². The average molecular weight is 391 g/mol. The molecule has 8 nitrogen and oxygen atoms in total. The summed E-state index contributed by atoms with van der Waals surface area (Å²) in [5.74, 6) is -0.292. The monoisotopic (exact) mass is 391 g/mol. The highest BCUT2D eigenvalue weighted by atomic mass is 16.6. The first kappa shape index (κ1) is 21.7. The van der Waals surface area contributed by atoms with Gasteiger partial charge in [-0.25, -0.2) is 4.79 Å². The Bertz CT molecular complexity index is 727. The summed E-state index contributed by atoms with van der Waals surface area (Å²) in [6.45, 7) is 9.06. The molecule has 1 heterocycles. The molecule has 0 unspecified atom stereocenters. The average Bonchev–Trinajstić information content (AvgIpc) is 2.66. The third kappa shape index (κ3) is 5.68. The molecule has 28 heavy (non-hydrogen) atoms. The molecule has 1 atom stereocenters. The number of esters is 1. The summed E-state index contributed by atoms with van der Waals surface area (Å²) in [6, 6.07) is 4.28. The van der Waals surface area contributed by atoms with Gasteiger partial charge in [0.2, 0.25) is 0 Å². The lowest BCUT2D eigenvalue weighted by molar-refractivity contribution is -0.384. The van der Waals surface area contributed by atoms with Gasteiger partial charge in [0.1, 0.15) is 5.69 Å². The number of anilines is 1. The number of amides is 1. The number of nitrogens with one attached hydrogen (secondary N) is 1. The number of hydrogen-bond donors (Lipinski definition) is 1. The SMILES string of the molecule is CC1CCN(c2ccc(C(=O)OCC(=O)N[C@H](C)C(C)C)cc2[N+](=O)[O-])CC1. The highest BCUT2D eigenvalue weighted by molar-refractivity contribution is 5.93. The lowest BCUT2D eigenvalue weighted by atomic mass is 9.98. The number of hydrogen-bond acceptors (Lipinski definition) is 6. The van der Waals surface area contributed by atoms with Crippen LogP contribution in [0.15, 0.2) is 18.2 Å². The van der Waals surface area contributed by atoms with E-state index in [1.807, 2.05) is 25.7 Å². The maximum absolute atomic E-state index is 12.2. The van der Waals surface area contributed by atoms with Crippen LogP contribution in [0.5, 0.6) is 0 Å². The fraction of sp³-hybridized carbons (Fsp3) is 0.600. The summed E-state index contributed by atoms with van der Waals surface area (Å²) >= 11 is 0. The first-order valence-electron chi connectivity index (χ1n) is 9.69. The van der Waals surface area contributed by atoms with Crippen molar-refractivity contribution in [2.45, 2.75) is 46.6 Å². The summed E-state index contributed by atoms with van der Waals surface area (Å²) in [4.78, 5) is 37.1. The largest absolute Gasteiger partial charge is 0.452 e. The van der Waals surface area contributed by atoms with E-state index in [1.54, 1.807) is 6.07 Å². The Hall–Kier alpha value is -2.64. The molecule has 1 amide bonds. The molecule has 0 radical (unpaired) electrons. The van der Waals surface area contributed by atoms with Crippen molar-refractivity contribution in [2.75, 3.05) is 24.6 Å². The van der Waals surface area contributed by atoms with Crippen molar-refractivity contribution in [1.29, 1.82) is 0 Å². The number of nitro benzene ring substituents is 1. The van der Waals surface area contributed by atoms with E-state index in [2.05, 4.69) is 12.2 Å². The third-order valence-electron chi connectivity index (χ3n) is 5.26. The van der Waals surface area contributed by atoms with Crippen LogP contribution in [0.1, 0.15) is 50.9 Å². The number of ether oxygens (including phenoxy) is 1. The van der Waals surface area contributed by atoms with Gasteiger partial charge in [-0.1, -0.05) is 20.8 Å². The number of piperidine rings is 1. The van der Waals surface area contributed by atoms with Crippen molar-refractivity contribution < 1.29 is 19.2 Å². The van der Waals surface area contributed by atoms with E-state index < -0.39 is 23.4 Å². The van der Waals surface area contributed by atoms with Crippen LogP contribution in [0, 0.1) is 22.0 Å². The van der Waals surface area contributed by atoms with Crippen LogP contribution in [-0.4, -0.2) is 42.5 Å². The van der Waals surface area contributed by atoms with Crippen molar-refractivity contribution in [3.8, 4) is 0 Å². The molecule has 1 N–H and O–H groups in total. The van der Waals surface area contributed by atoms with Crippen LogP contribution in [0.3, 0.4) is 0 Å². The van der Waals surface area contributed by atoms with Gasteiger partial charge in [0.15, 0.2) is 6.61 Å². The van der Waals surface area contributed by atoms with E-state index in [-0.39, 0.29) is 23.2 Å². The highest BCUT2D eigenvalue weighted by Gasteiger charge is 2.25. The summed E-state index contributed by atoms with van der Waals surface area (Å²) in [5.41, 5.74) is 0.448. The lowest BCUT2D eigenvalue weighted by Crippen LogP contribution is -2.38. The van der Waals surface area contributed by atoms with E-state index in [0.29, 0.717) is 11.6 Å². The molecule has 0 bridgehead atoms. The van der Waals surface area contributed by atoms with Crippen LogP contribution in [-0.2, 0) is 9.53 Å². The van der Waals surface area contributed by atoms with Crippen LogP contribution >= 0.6 is 0 Å². The van der Waals surface area contributed by atoms with Crippen molar-refractivity contribution >= 4 is 23.3 Å². The van der Waals surface area contributed by atoms with Gasteiger partial charge >= 0.3 is 5.97 Å². The summed E-state index contributed by atoms with van der Waals surface area (Å²) in [5, 5.41) is 14.3. The second-order valence-electron chi connectivity index (χ2n) is 7.81. The molecular formula is C20H29N3O5. The van der Waals surface area contributed by atoms with E-state index in [4.69, 9.17) is 4.74 Å². The molecule has 1 aliphatic heterocycles. The van der Waals surface area contributed by atoms with Gasteiger partial charge in [-0.05, 0) is 43.7 Å². The van der Waals surface area contributed by atoms with Crippen LogP contribution < -0.4 is 10.2 Å². The van der Waals surface area contributed by atoms with E-state index in [1.165, 1.54) is 12.1 Å². The maximum atomic E-state index is 12.2. The number of rotatable bonds is 7. The molecular weight excluding hydrogens is 362 g/mol.